The lowest BCUT2D eigenvalue weighted by Gasteiger charge is -2.13. The topological polar surface area (TPSA) is 41.6 Å². The molecule has 2 aromatic rings. The Kier molecular flexibility index (Phi) is 6.11. The van der Waals surface area contributed by atoms with Crippen LogP contribution in [0.4, 0.5) is 5.69 Å². The Morgan fingerprint density at radius 3 is 2.71 bits per heavy atom. The smallest absolute Gasteiger partial charge is 0.255 e. The summed E-state index contributed by atoms with van der Waals surface area (Å²) in [5, 5.41) is 3.23. The first kappa shape index (κ1) is 17.7. The third kappa shape index (κ3) is 4.43. The van der Waals surface area contributed by atoms with Gasteiger partial charge >= 0.3 is 0 Å². The highest BCUT2D eigenvalue weighted by Crippen LogP contribution is 2.22. The number of nitrogens with one attached hydrogen (secondary N) is 1. The molecule has 0 aliphatic rings. The van der Waals surface area contributed by atoms with Gasteiger partial charge in [0.05, 0.1) is 24.9 Å². The number of carbonyl (C=O) groups is 1. The molecule has 0 saturated carbocycles. The van der Waals surface area contributed by atoms with Gasteiger partial charge in [-0.1, -0.05) is 35.6 Å². The van der Waals surface area contributed by atoms with Crippen LogP contribution >= 0.6 is 11.6 Å². The van der Waals surface area contributed by atoms with Crippen LogP contribution in [0.5, 0.6) is 5.75 Å². The van der Waals surface area contributed by atoms with Crippen LogP contribution in [0.3, 0.4) is 0 Å². The Bertz CT molecular complexity index is 791. The van der Waals surface area contributed by atoms with E-state index in [1.54, 1.807) is 18.2 Å². The summed E-state index contributed by atoms with van der Waals surface area (Å²) in [5.74, 6) is 6.25. The molecule has 0 radical (unpaired) electrons. The van der Waals surface area contributed by atoms with Crippen LogP contribution in [0.15, 0.2) is 42.5 Å². The fourth-order valence-corrected chi connectivity index (χ4v) is 2.36. The fourth-order valence-electron chi connectivity index (χ4n) is 2.19. The van der Waals surface area contributed by atoms with Gasteiger partial charge in [-0.3, -0.25) is 4.79 Å². The van der Waals surface area contributed by atoms with Gasteiger partial charge in [0, 0.05) is 24.7 Å². The third-order valence-electron chi connectivity index (χ3n) is 3.35. The molecule has 1 N–H and O–H groups in total. The summed E-state index contributed by atoms with van der Waals surface area (Å²) in [7, 11) is 5.44. The van der Waals surface area contributed by atoms with Crippen molar-refractivity contribution < 1.29 is 9.53 Å². The normalized spacial score (nSPS) is 9.67. The van der Waals surface area contributed by atoms with Gasteiger partial charge in [-0.05, 0) is 30.3 Å². The van der Waals surface area contributed by atoms with Crippen molar-refractivity contribution in [3.05, 3.63) is 58.6 Å². The molecular weight excluding hydrogens is 324 g/mol. The minimum Gasteiger partial charge on any atom is -0.496 e. The standard InChI is InChI=1S/C19H19ClN2O2/c1-22(2)17-9-5-4-7-14(17)8-6-12-21-19(23)16-13-15(20)10-11-18(16)24-3/h4-5,7,9-11,13H,12H2,1-3H3,(H,21,23). The second-order valence-electron chi connectivity index (χ2n) is 5.24. The molecule has 0 bridgehead atoms. The zero-order chi connectivity index (χ0) is 17.5. The average molecular weight is 343 g/mol. The Labute approximate surface area is 147 Å². The summed E-state index contributed by atoms with van der Waals surface area (Å²) in [6.07, 6.45) is 0. The van der Waals surface area contributed by atoms with Crippen molar-refractivity contribution in [2.75, 3.05) is 32.6 Å². The lowest BCUT2D eigenvalue weighted by molar-refractivity contribution is 0.0955. The molecule has 0 atom stereocenters. The molecule has 4 nitrogen and oxygen atoms in total. The van der Waals surface area contributed by atoms with E-state index in [1.165, 1.54) is 7.11 Å². The van der Waals surface area contributed by atoms with E-state index in [4.69, 9.17) is 16.3 Å². The van der Waals surface area contributed by atoms with Gasteiger partial charge in [0.25, 0.3) is 5.91 Å². The summed E-state index contributed by atoms with van der Waals surface area (Å²) in [6.45, 7) is 0.232. The number of anilines is 1. The van der Waals surface area contributed by atoms with E-state index in [-0.39, 0.29) is 12.5 Å². The van der Waals surface area contributed by atoms with E-state index >= 15 is 0 Å². The summed E-state index contributed by atoms with van der Waals surface area (Å²) in [6, 6.07) is 12.8. The SMILES string of the molecule is COc1ccc(Cl)cc1C(=O)NCC#Cc1ccccc1N(C)C. The van der Waals surface area contributed by atoms with Gasteiger partial charge in [0.15, 0.2) is 0 Å². The maximum Gasteiger partial charge on any atom is 0.255 e. The van der Waals surface area contributed by atoms with Crippen LogP contribution in [-0.4, -0.2) is 33.7 Å². The number of benzene rings is 2. The Morgan fingerprint density at radius 2 is 2.00 bits per heavy atom. The predicted octanol–water partition coefficient (Wildman–Crippen LogP) is 3.20. The van der Waals surface area contributed by atoms with E-state index in [2.05, 4.69) is 17.2 Å². The molecule has 24 heavy (non-hydrogen) atoms. The molecule has 0 aromatic heterocycles. The number of halogens is 1. The molecule has 0 unspecified atom stereocenters. The zero-order valence-electron chi connectivity index (χ0n) is 13.9. The lowest BCUT2D eigenvalue weighted by Crippen LogP contribution is -2.24. The highest BCUT2D eigenvalue weighted by Gasteiger charge is 2.11. The van der Waals surface area contributed by atoms with Crippen LogP contribution < -0.4 is 15.0 Å². The molecule has 0 spiro atoms. The van der Waals surface area contributed by atoms with Gasteiger partial charge in [0.1, 0.15) is 5.75 Å². The lowest BCUT2D eigenvalue weighted by atomic mass is 10.1. The summed E-state index contributed by atoms with van der Waals surface area (Å²) in [5.41, 5.74) is 2.34. The minimum absolute atomic E-state index is 0.232. The molecular formula is C19H19ClN2O2. The van der Waals surface area contributed by atoms with Gasteiger partial charge in [-0.25, -0.2) is 0 Å². The number of methoxy groups -OCH3 is 1. The Hall–Kier alpha value is -2.64. The van der Waals surface area contributed by atoms with Crippen LogP contribution in [0.2, 0.25) is 5.02 Å². The van der Waals surface area contributed by atoms with Gasteiger partial charge < -0.3 is 15.0 Å². The number of rotatable bonds is 4. The third-order valence-corrected chi connectivity index (χ3v) is 3.59. The van der Waals surface area contributed by atoms with Crippen LogP contribution in [0.25, 0.3) is 0 Å². The monoisotopic (exact) mass is 342 g/mol. The minimum atomic E-state index is -0.274. The van der Waals surface area contributed by atoms with Crippen LogP contribution in [0.1, 0.15) is 15.9 Å². The highest BCUT2D eigenvalue weighted by atomic mass is 35.5. The molecule has 0 heterocycles. The fraction of sp³-hybridized carbons (Fsp3) is 0.211. The Balaban J connectivity index is 2.06. The maximum atomic E-state index is 12.2. The quantitative estimate of drug-likeness (QED) is 0.868. The van der Waals surface area contributed by atoms with Crippen LogP contribution in [-0.2, 0) is 0 Å². The first-order valence-corrected chi connectivity index (χ1v) is 7.77. The van der Waals surface area contributed by atoms with E-state index in [9.17, 15) is 4.79 Å². The van der Waals surface area contributed by atoms with Gasteiger partial charge in [-0.15, -0.1) is 0 Å². The summed E-state index contributed by atoms with van der Waals surface area (Å²) < 4.78 is 5.18. The first-order valence-electron chi connectivity index (χ1n) is 7.40. The molecule has 0 aliphatic carbocycles. The van der Waals surface area contributed by atoms with E-state index in [0.29, 0.717) is 16.3 Å². The molecule has 124 valence electrons. The predicted molar refractivity (Wildman–Crippen MR) is 98.0 cm³/mol. The molecule has 0 aliphatic heterocycles. The zero-order valence-corrected chi connectivity index (χ0v) is 14.6. The van der Waals surface area contributed by atoms with Crippen molar-refractivity contribution in [2.24, 2.45) is 0 Å². The van der Waals surface area contributed by atoms with Gasteiger partial charge in [-0.2, -0.15) is 0 Å². The van der Waals surface area contributed by atoms with Crippen molar-refractivity contribution in [1.29, 1.82) is 0 Å². The second-order valence-corrected chi connectivity index (χ2v) is 5.68. The number of hydrogen-bond acceptors (Lipinski definition) is 3. The molecule has 0 saturated heterocycles. The van der Waals surface area contributed by atoms with Crippen molar-refractivity contribution >= 4 is 23.2 Å². The van der Waals surface area contributed by atoms with Gasteiger partial charge in [0.2, 0.25) is 0 Å². The van der Waals surface area contributed by atoms with E-state index in [1.807, 2.05) is 43.3 Å². The van der Waals surface area contributed by atoms with Crippen molar-refractivity contribution in [3.8, 4) is 17.6 Å². The maximum absolute atomic E-state index is 12.2. The van der Waals surface area contributed by atoms with Crippen molar-refractivity contribution in [3.63, 3.8) is 0 Å². The highest BCUT2D eigenvalue weighted by molar-refractivity contribution is 6.31. The van der Waals surface area contributed by atoms with Crippen molar-refractivity contribution in [2.45, 2.75) is 0 Å². The number of nitrogens with zero attached hydrogens (tertiary/aromatic N) is 1. The average Bonchev–Trinajstić information content (AvgIpc) is 2.58. The molecule has 2 rings (SSSR count). The number of ether oxygens (including phenoxy) is 1. The number of para-hydroxylation sites is 1. The van der Waals surface area contributed by atoms with E-state index in [0.717, 1.165) is 11.3 Å². The molecule has 2 aromatic carbocycles. The first-order chi connectivity index (χ1) is 11.5. The molecule has 1 amide bonds. The summed E-state index contributed by atoms with van der Waals surface area (Å²) >= 11 is 5.94. The van der Waals surface area contributed by atoms with Crippen molar-refractivity contribution in [1.82, 2.24) is 5.32 Å². The Morgan fingerprint density at radius 1 is 1.25 bits per heavy atom. The number of carbonyl (C=O) groups excluding carboxylic acids is 1. The number of amides is 1. The second kappa shape index (κ2) is 8.28. The van der Waals surface area contributed by atoms with Crippen LogP contribution in [0, 0.1) is 11.8 Å². The number of hydrogen-bond donors (Lipinski definition) is 1. The van der Waals surface area contributed by atoms with E-state index < -0.39 is 0 Å². The largest absolute Gasteiger partial charge is 0.496 e. The summed E-state index contributed by atoms with van der Waals surface area (Å²) in [4.78, 5) is 14.2. The molecule has 0 fully saturated rings. The molecule has 5 heteroatoms.